The number of aromatic hydroxyl groups is 1. The van der Waals surface area contributed by atoms with Crippen LogP contribution in [0.15, 0.2) is 152 Å². The van der Waals surface area contributed by atoms with E-state index in [4.69, 9.17) is 16.9 Å². The minimum atomic E-state index is -2.11. The van der Waals surface area contributed by atoms with Gasteiger partial charge in [-0.3, -0.25) is 91.7 Å². The lowest BCUT2D eigenvalue weighted by Gasteiger charge is -2.35. The summed E-state index contributed by atoms with van der Waals surface area (Å²) in [7, 11) is 2.44. The number of fused-ring (bicyclic) bond motifs is 1. The fourth-order valence-corrected chi connectivity index (χ4v) is 16.3. The molecule has 1 aliphatic rings. The van der Waals surface area contributed by atoms with Crippen LogP contribution in [0, 0.1) is 23.2 Å². The zero-order chi connectivity index (χ0) is 103. The second-order valence-electron chi connectivity index (χ2n) is 35.4. The van der Waals surface area contributed by atoms with E-state index in [1.54, 1.807) is 92.7 Å². The van der Waals surface area contributed by atoms with Gasteiger partial charge < -0.3 is 126 Å². The van der Waals surface area contributed by atoms with Crippen molar-refractivity contribution in [3.63, 3.8) is 0 Å². The molecule has 45 heteroatoms. The molecule has 25 N–H and O–H groups in total. The number of amides is 16. The van der Waals surface area contributed by atoms with Gasteiger partial charge in [-0.2, -0.15) is 0 Å². The largest absolute Gasteiger partial charge is 0.508 e. The number of hydrogen-bond donors (Lipinski definition) is 23. The number of primary amides is 1. The second kappa shape index (κ2) is 54.2. The first-order valence-electron chi connectivity index (χ1n) is 45.9. The molecule has 0 bridgehead atoms. The summed E-state index contributed by atoms with van der Waals surface area (Å²) >= 11 is 0.681. The number of carboxylic acids is 2. The first-order chi connectivity index (χ1) is 67.0. The number of carbonyl (C=O) groups excluding carboxylic acids is 16. The first-order valence-corrected chi connectivity index (χ1v) is 47.0. The highest BCUT2D eigenvalue weighted by molar-refractivity contribution is 8.00. The number of H-pyrrole nitrogens is 2. The molecule has 5 aromatic carbocycles. The van der Waals surface area contributed by atoms with Crippen LogP contribution in [-0.4, -0.2) is 287 Å². The number of hydrogen-bond acceptors (Lipinski definition) is 23. The number of phenolic OH excluding ortho intramolecular Hbond substituents is 1. The molecule has 758 valence electrons. The molecule has 1 aliphatic heterocycles. The zero-order valence-corrected chi connectivity index (χ0v) is 80.4. The molecule has 0 spiro atoms. The van der Waals surface area contributed by atoms with Crippen molar-refractivity contribution in [2.24, 2.45) is 29.2 Å². The number of guanidine groups is 1. The number of carbonyl (C=O) groups is 18. The van der Waals surface area contributed by atoms with E-state index in [2.05, 4.69) is 89.4 Å². The third kappa shape index (κ3) is 34.7. The molecule has 8 rings (SSSR count). The van der Waals surface area contributed by atoms with Crippen molar-refractivity contribution in [3.05, 3.63) is 180 Å². The van der Waals surface area contributed by atoms with E-state index in [1.165, 1.54) is 91.7 Å². The molecule has 0 unspecified atom stereocenters. The summed E-state index contributed by atoms with van der Waals surface area (Å²) in [6.07, 6.45) is -0.618. The average molecular weight is 1970 g/mol. The quantitative estimate of drug-likeness (QED) is 0.0152. The van der Waals surface area contributed by atoms with Gasteiger partial charge in [-0.15, -0.1) is 11.8 Å². The Balaban J connectivity index is 1.22. The maximum absolute atomic E-state index is 15.5. The van der Waals surface area contributed by atoms with Crippen molar-refractivity contribution in [1.82, 2.24) is 99.2 Å². The summed E-state index contributed by atoms with van der Waals surface area (Å²) in [5.41, 5.74) is 14.9. The van der Waals surface area contributed by atoms with Crippen LogP contribution in [0.4, 0.5) is 0 Å². The molecule has 0 aliphatic carbocycles. The minimum Gasteiger partial charge on any atom is -0.508 e. The number of nitrogens with zero attached hydrogens (tertiary/aromatic N) is 3. The number of aliphatic carboxylic acids is 2. The average Bonchev–Trinajstić information content (AvgIpc) is 1.78. The molecule has 1 saturated heterocycles. The number of aliphatic hydroxyl groups is 1. The lowest BCUT2D eigenvalue weighted by atomic mass is 9.98. The molecular weight excluding hydrogens is 1850 g/mol. The Morgan fingerprint density at radius 2 is 0.986 bits per heavy atom. The van der Waals surface area contributed by atoms with Crippen LogP contribution in [0.2, 0.25) is 0 Å². The topological polar surface area (TPSA) is 683 Å². The molecule has 0 saturated carbocycles. The van der Waals surface area contributed by atoms with Crippen molar-refractivity contribution < 1.29 is 107 Å². The molecule has 1 fully saturated rings. The van der Waals surface area contributed by atoms with E-state index in [-0.39, 0.29) is 68.0 Å². The van der Waals surface area contributed by atoms with Crippen molar-refractivity contribution in [2.75, 3.05) is 45.3 Å². The summed E-state index contributed by atoms with van der Waals surface area (Å²) < 4.78 is 0. The minimum absolute atomic E-state index is 0.0231. The van der Waals surface area contributed by atoms with E-state index >= 15 is 43.2 Å². The summed E-state index contributed by atoms with van der Waals surface area (Å²) in [5, 5.41) is 86.1. The summed E-state index contributed by atoms with van der Waals surface area (Å²) in [4.78, 5) is 274. The number of thioether (sulfide) groups is 1. The van der Waals surface area contributed by atoms with Crippen LogP contribution in [0.5, 0.6) is 5.75 Å². The Kier molecular flexibility index (Phi) is 42.6. The Labute approximate surface area is 817 Å². The van der Waals surface area contributed by atoms with E-state index in [0.717, 1.165) is 20.9 Å². The maximum atomic E-state index is 15.5. The Morgan fingerprint density at radius 3 is 1.55 bits per heavy atom. The molecule has 16 amide bonds. The Hall–Kier alpha value is -15.3. The molecule has 141 heavy (non-hydrogen) atoms. The van der Waals surface area contributed by atoms with Gasteiger partial charge in [0.25, 0.3) is 0 Å². The second-order valence-corrected chi connectivity index (χ2v) is 36.4. The molecule has 0 radical (unpaired) electrons. The van der Waals surface area contributed by atoms with Gasteiger partial charge in [-0.25, -0.2) is 4.98 Å². The van der Waals surface area contributed by atoms with Crippen LogP contribution < -0.4 is 85.9 Å². The molecule has 2 aromatic heterocycles. The van der Waals surface area contributed by atoms with Gasteiger partial charge in [-0.1, -0.05) is 157 Å². The zero-order valence-electron chi connectivity index (χ0n) is 79.6. The number of aromatic nitrogens is 3. The highest BCUT2D eigenvalue weighted by Gasteiger charge is 2.42. The number of rotatable bonds is 28. The summed E-state index contributed by atoms with van der Waals surface area (Å²) in [5.74, 6) is -23.9. The first kappa shape index (κ1) is 111. The van der Waals surface area contributed by atoms with Crippen LogP contribution >= 0.6 is 11.8 Å². The fourth-order valence-electron chi connectivity index (χ4n) is 15.4. The predicted molar refractivity (Wildman–Crippen MR) is 518 cm³/mol. The van der Waals surface area contributed by atoms with E-state index in [1.807, 2.05) is 30.3 Å². The third-order valence-corrected chi connectivity index (χ3v) is 24.3. The van der Waals surface area contributed by atoms with Crippen LogP contribution in [-0.2, 0) is 118 Å². The van der Waals surface area contributed by atoms with Gasteiger partial charge in [0.15, 0.2) is 5.96 Å². The number of aromatic amines is 2. The van der Waals surface area contributed by atoms with E-state index in [9.17, 15) is 63.6 Å². The van der Waals surface area contributed by atoms with E-state index in [0.29, 0.717) is 39.4 Å². The Morgan fingerprint density at radius 1 is 0.496 bits per heavy atom. The molecule has 44 nitrogen and oxygen atoms in total. The van der Waals surface area contributed by atoms with E-state index < -0.39 is 266 Å². The normalized spacial score (nSPS) is 22.6. The number of aliphatic hydroxyl groups excluding tert-OH is 1. The highest BCUT2D eigenvalue weighted by Crippen LogP contribution is 2.25. The number of carboxylic acid groups (broad SMARTS) is 2. The maximum Gasteiger partial charge on any atom is 0.305 e. The predicted octanol–water partition coefficient (Wildman–Crippen LogP) is -1.43. The van der Waals surface area contributed by atoms with Gasteiger partial charge in [-0.05, 0) is 102 Å². The molecular formula is C96H126N22O22S. The van der Waals surface area contributed by atoms with Gasteiger partial charge in [0.2, 0.25) is 94.5 Å². The molecule has 14 atom stereocenters. The number of para-hydroxylation sites is 1. The lowest BCUT2D eigenvalue weighted by molar-refractivity contribution is -0.148. The highest BCUT2D eigenvalue weighted by atomic mass is 32.2. The lowest BCUT2D eigenvalue weighted by Crippen LogP contribution is -2.62. The Bertz CT molecular complexity index is 5540. The van der Waals surface area contributed by atoms with Crippen molar-refractivity contribution in [3.8, 4) is 16.9 Å². The molecule has 3 heterocycles. The number of imidazole rings is 1. The fraction of sp³-hybridized carbons (Fsp3) is 0.438. The van der Waals surface area contributed by atoms with Gasteiger partial charge in [0.1, 0.15) is 90.3 Å². The van der Waals surface area contributed by atoms with Crippen LogP contribution in [0.1, 0.15) is 115 Å². The van der Waals surface area contributed by atoms with Gasteiger partial charge in [0.05, 0.1) is 31.7 Å². The number of likely N-dealkylation sites (N-methyl/N-ethyl adjacent to an activating group) is 2. The number of phenols is 1. The van der Waals surface area contributed by atoms with Crippen molar-refractivity contribution in [2.45, 2.75) is 204 Å². The molecule has 7 aromatic rings. The van der Waals surface area contributed by atoms with Crippen molar-refractivity contribution in [1.29, 1.82) is 5.41 Å². The number of nitrogens with two attached hydrogens (primary N) is 2. The van der Waals surface area contributed by atoms with Crippen LogP contribution in [0.25, 0.3) is 22.0 Å². The standard InChI is InChI=1S/C96H126N22O22S/c1-51(2)37-67-88(133)115-81(53(5)6)93(138)113-73(47-119)90(135)114-74(82(127)103-46-76(97)121)48-141-49-77(122)105-71(42-61-45-100-50-104-61)86(131)109-68(39-57-28-32-62(120)33-29-57)85(130)111-72(43-79(125)126)87(132)110-70(41-60-44-102-64-24-17-16-23-63(60)64)89(134)116-80(52(3)4)92(137)112-69(38-56-26-30-59(31-27-56)58-21-14-11-15-22-58)84(129)107-66(34-35-78(123)124)95(140)117(8)54(7)94(139)118(9)75(40-55-19-12-10-13-20-55)91(136)106-65(83(128)108-67)25-18-36-101-96(98)99/h10-17,19-24,26-33,44-45,50-54,65-75,80-81,102,119-120H,18,25,34-43,46-49H2,1-9H3,(H2,97,121)(H,100,104)(H,103,127)(H,105,122)(H,106,136)(H,107,129)(H,108,128)(H,109,131)(H,110,132)(H,111,130)(H,112,137)(H,113,138)(H,114,135)(H,115,133)(H,116,134)(H,123,124)(H,125,126)(H4,98,99,101)/t54-,65-,66-,67-,68-,69-,70-,71-,72-,73-,74-,75-,80-,81-/m0/s1. The third-order valence-electron chi connectivity index (χ3n) is 23.3. The number of benzene rings is 5. The summed E-state index contributed by atoms with van der Waals surface area (Å²) in [6.45, 7) is 8.89. The smallest absolute Gasteiger partial charge is 0.305 e. The van der Waals surface area contributed by atoms with Crippen LogP contribution in [0.3, 0.4) is 0 Å². The SMILES string of the molecule is CC(C)C[C@@H]1NC(=O)[C@H](CCCNC(=N)N)NC(=O)[C@H](Cc2ccccc2)N(C)C(=O)[C@H](C)N(C)C(=O)[C@H](CCC(=O)O)NC(=O)[C@H](Cc2ccc(-c3ccccc3)cc2)NC(=O)[C@H](C(C)C)NC(=O)[C@H](Cc2c[nH]c3ccccc23)NC(=O)[C@H](CC(=O)O)NC(=O)[C@H](Cc2ccc(O)cc2)NC(=O)[C@H](Cc2cnc[nH]2)NC(=O)CSC[C@@H](C(=O)NCC(N)=O)NC(=O)[C@H](CO)NC(=O)[C@H](C(C)C)NC1=O. The number of nitrogens with one attached hydrogen (secondary N) is 17. The summed E-state index contributed by atoms with van der Waals surface area (Å²) in [6, 6.07) is 12.6. The monoisotopic (exact) mass is 1970 g/mol. The van der Waals surface area contributed by atoms with Gasteiger partial charge in [0, 0.05) is 93.9 Å². The van der Waals surface area contributed by atoms with Gasteiger partial charge >= 0.3 is 11.9 Å². The van der Waals surface area contributed by atoms with Crippen molar-refractivity contribution >= 4 is 135 Å².